The van der Waals surface area contributed by atoms with Crippen molar-refractivity contribution in [3.63, 3.8) is 0 Å². The molecule has 0 N–H and O–H groups in total. The first-order valence-electron chi connectivity index (χ1n) is 4.41. The van der Waals surface area contributed by atoms with Gasteiger partial charge in [0.25, 0.3) is 0 Å². The van der Waals surface area contributed by atoms with E-state index < -0.39 is 0 Å². The lowest BCUT2D eigenvalue weighted by molar-refractivity contribution is 0.251. The topological polar surface area (TPSA) is 29.3 Å². The lowest BCUT2D eigenvalue weighted by Gasteiger charge is -2.15. The number of rotatable bonds is 1. The Morgan fingerprint density at radius 2 is 2.38 bits per heavy atom. The molecule has 2 heterocycles. The molecule has 0 amide bonds. The first-order valence-corrected chi connectivity index (χ1v) is 4.41. The molecule has 0 radical (unpaired) electrons. The molecule has 1 unspecified atom stereocenters. The lowest BCUT2D eigenvalue weighted by atomic mass is 10.1. The number of nitrogens with zero attached hydrogens (tertiary/aromatic N) is 2. The van der Waals surface area contributed by atoms with E-state index in [4.69, 9.17) is 4.52 Å². The third kappa shape index (κ3) is 2.03. The molecule has 0 aromatic carbocycles. The highest BCUT2D eigenvalue weighted by molar-refractivity contribution is 5.85. The Hall–Kier alpha value is -0.540. The minimum atomic E-state index is 0. The first kappa shape index (κ1) is 10.5. The van der Waals surface area contributed by atoms with Crippen molar-refractivity contribution in [2.75, 3.05) is 13.6 Å². The van der Waals surface area contributed by atoms with Crippen molar-refractivity contribution < 1.29 is 4.52 Å². The summed E-state index contributed by atoms with van der Waals surface area (Å²) in [6.45, 7) is 3.13. The summed E-state index contributed by atoms with van der Waals surface area (Å²) < 4.78 is 5.23. The molecule has 13 heavy (non-hydrogen) atoms. The van der Waals surface area contributed by atoms with Gasteiger partial charge in [-0.1, -0.05) is 5.16 Å². The summed E-state index contributed by atoms with van der Waals surface area (Å²) in [6.07, 6.45) is 2.46. The van der Waals surface area contributed by atoms with Crippen LogP contribution in [0.2, 0.25) is 0 Å². The van der Waals surface area contributed by atoms with Crippen LogP contribution in [0.5, 0.6) is 0 Å². The highest BCUT2D eigenvalue weighted by Gasteiger charge is 2.25. The van der Waals surface area contributed by atoms with Gasteiger partial charge in [-0.25, -0.2) is 0 Å². The van der Waals surface area contributed by atoms with Gasteiger partial charge in [0.1, 0.15) is 0 Å². The van der Waals surface area contributed by atoms with E-state index in [-0.39, 0.29) is 12.4 Å². The van der Waals surface area contributed by atoms with Gasteiger partial charge in [0.15, 0.2) is 5.76 Å². The molecule has 3 nitrogen and oxygen atoms in total. The van der Waals surface area contributed by atoms with Crippen LogP contribution in [0.15, 0.2) is 10.6 Å². The SMILES string of the molecule is Cc1cc(C2CCCN2C)on1.Cl. The zero-order chi connectivity index (χ0) is 8.55. The van der Waals surface area contributed by atoms with Gasteiger partial charge in [-0.2, -0.15) is 0 Å². The summed E-state index contributed by atoms with van der Waals surface area (Å²) in [5.74, 6) is 1.02. The Kier molecular flexibility index (Phi) is 3.33. The zero-order valence-electron chi connectivity index (χ0n) is 7.99. The van der Waals surface area contributed by atoms with Gasteiger partial charge in [-0.3, -0.25) is 4.90 Å². The highest BCUT2D eigenvalue weighted by Crippen LogP contribution is 2.30. The average Bonchev–Trinajstić information content (AvgIpc) is 2.58. The highest BCUT2D eigenvalue weighted by atomic mass is 35.5. The van der Waals surface area contributed by atoms with Crippen molar-refractivity contribution in [3.05, 3.63) is 17.5 Å². The Morgan fingerprint density at radius 3 is 2.85 bits per heavy atom. The van der Waals surface area contributed by atoms with E-state index in [1.165, 1.54) is 19.4 Å². The third-order valence-electron chi connectivity index (χ3n) is 2.50. The Bertz CT molecular complexity index is 274. The minimum Gasteiger partial charge on any atom is -0.359 e. The van der Waals surface area contributed by atoms with Crippen molar-refractivity contribution in [1.82, 2.24) is 10.1 Å². The van der Waals surface area contributed by atoms with E-state index >= 15 is 0 Å². The van der Waals surface area contributed by atoms with Crippen molar-refractivity contribution in [2.24, 2.45) is 0 Å². The largest absolute Gasteiger partial charge is 0.359 e. The molecule has 1 atom stereocenters. The molecule has 1 aromatic rings. The van der Waals surface area contributed by atoms with E-state index in [0.717, 1.165) is 11.5 Å². The molecule has 0 bridgehead atoms. The molecule has 0 spiro atoms. The monoisotopic (exact) mass is 202 g/mol. The number of aryl methyl sites for hydroxylation is 1. The molecule has 1 aliphatic heterocycles. The van der Waals surface area contributed by atoms with E-state index in [0.29, 0.717) is 6.04 Å². The zero-order valence-corrected chi connectivity index (χ0v) is 8.80. The molecule has 0 saturated carbocycles. The van der Waals surface area contributed by atoms with Crippen LogP contribution in [0.1, 0.15) is 30.3 Å². The number of halogens is 1. The number of likely N-dealkylation sites (tertiary alicyclic amines) is 1. The molecular formula is C9H15ClN2O. The van der Waals surface area contributed by atoms with E-state index in [2.05, 4.69) is 17.1 Å². The standard InChI is InChI=1S/C9H14N2O.ClH/c1-7-6-9(12-10-7)8-4-3-5-11(8)2;/h6,8H,3-5H2,1-2H3;1H. The van der Waals surface area contributed by atoms with Crippen molar-refractivity contribution in [3.8, 4) is 0 Å². The summed E-state index contributed by atoms with van der Waals surface area (Å²) in [5.41, 5.74) is 0.977. The van der Waals surface area contributed by atoms with E-state index in [9.17, 15) is 0 Å². The Balaban J connectivity index is 0.000000845. The van der Waals surface area contributed by atoms with Gasteiger partial charge in [0.05, 0.1) is 11.7 Å². The number of aromatic nitrogens is 1. The summed E-state index contributed by atoms with van der Waals surface area (Å²) in [5, 5.41) is 3.89. The molecule has 2 rings (SSSR count). The smallest absolute Gasteiger partial charge is 0.154 e. The lowest BCUT2D eigenvalue weighted by Crippen LogP contribution is -2.16. The fraction of sp³-hybridized carbons (Fsp3) is 0.667. The normalized spacial score (nSPS) is 23.1. The van der Waals surface area contributed by atoms with Crippen molar-refractivity contribution in [2.45, 2.75) is 25.8 Å². The maximum absolute atomic E-state index is 5.23. The van der Waals surface area contributed by atoms with Crippen molar-refractivity contribution in [1.29, 1.82) is 0 Å². The van der Waals surface area contributed by atoms with Gasteiger partial charge in [0, 0.05) is 6.07 Å². The van der Waals surface area contributed by atoms with Crippen molar-refractivity contribution >= 4 is 12.4 Å². The van der Waals surface area contributed by atoms with Crippen LogP contribution < -0.4 is 0 Å². The molecule has 1 saturated heterocycles. The third-order valence-corrected chi connectivity index (χ3v) is 2.50. The predicted octanol–water partition coefficient (Wildman–Crippen LogP) is 2.17. The molecule has 4 heteroatoms. The maximum atomic E-state index is 5.23. The van der Waals surface area contributed by atoms with E-state index in [1.807, 2.05) is 13.0 Å². The summed E-state index contributed by atoms with van der Waals surface area (Å²) in [6, 6.07) is 2.50. The molecule has 1 aromatic heterocycles. The summed E-state index contributed by atoms with van der Waals surface area (Å²) >= 11 is 0. The quantitative estimate of drug-likeness (QED) is 0.699. The van der Waals surface area contributed by atoms with Gasteiger partial charge < -0.3 is 4.52 Å². The number of hydrogen-bond donors (Lipinski definition) is 0. The minimum absolute atomic E-state index is 0. The van der Waals surface area contributed by atoms with Gasteiger partial charge in [0.2, 0.25) is 0 Å². The second-order valence-electron chi connectivity index (χ2n) is 3.51. The Morgan fingerprint density at radius 1 is 1.62 bits per heavy atom. The summed E-state index contributed by atoms with van der Waals surface area (Å²) in [4.78, 5) is 2.32. The van der Waals surface area contributed by atoms with Crippen LogP contribution in [0.25, 0.3) is 0 Å². The van der Waals surface area contributed by atoms with E-state index in [1.54, 1.807) is 0 Å². The average molecular weight is 203 g/mol. The van der Waals surface area contributed by atoms with Gasteiger partial charge >= 0.3 is 0 Å². The van der Waals surface area contributed by atoms with Crippen LogP contribution in [0.4, 0.5) is 0 Å². The second kappa shape index (κ2) is 4.11. The number of hydrogen-bond acceptors (Lipinski definition) is 3. The molecular weight excluding hydrogens is 188 g/mol. The fourth-order valence-electron chi connectivity index (χ4n) is 1.81. The fourth-order valence-corrected chi connectivity index (χ4v) is 1.81. The van der Waals surface area contributed by atoms with Gasteiger partial charge in [-0.15, -0.1) is 12.4 Å². The van der Waals surface area contributed by atoms with Crippen LogP contribution >= 0.6 is 12.4 Å². The first-order chi connectivity index (χ1) is 5.77. The molecule has 1 aliphatic rings. The summed E-state index contributed by atoms with van der Waals surface area (Å²) in [7, 11) is 2.13. The van der Waals surface area contributed by atoms with Crippen LogP contribution in [-0.4, -0.2) is 23.6 Å². The predicted molar refractivity (Wildman–Crippen MR) is 53.1 cm³/mol. The van der Waals surface area contributed by atoms with Crippen LogP contribution in [0.3, 0.4) is 0 Å². The second-order valence-corrected chi connectivity index (χ2v) is 3.51. The molecule has 1 fully saturated rings. The molecule has 0 aliphatic carbocycles. The van der Waals surface area contributed by atoms with Crippen LogP contribution in [0, 0.1) is 6.92 Å². The molecule has 74 valence electrons. The Labute approximate surface area is 84.5 Å². The van der Waals surface area contributed by atoms with Crippen LogP contribution in [-0.2, 0) is 0 Å². The maximum Gasteiger partial charge on any atom is 0.154 e. The van der Waals surface area contributed by atoms with Gasteiger partial charge in [-0.05, 0) is 33.4 Å².